The van der Waals surface area contributed by atoms with Gasteiger partial charge in [-0.1, -0.05) is 18.2 Å². The van der Waals surface area contributed by atoms with Gasteiger partial charge in [-0.15, -0.1) is 0 Å². The van der Waals surface area contributed by atoms with Crippen LogP contribution in [0.15, 0.2) is 91.0 Å². The Balaban J connectivity index is 1.68. The van der Waals surface area contributed by atoms with E-state index >= 15 is 0 Å². The minimum absolute atomic E-state index is 0.0946. The van der Waals surface area contributed by atoms with E-state index in [1.807, 2.05) is 35.2 Å². The molecule has 34 heavy (non-hydrogen) atoms. The summed E-state index contributed by atoms with van der Waals surface area (Å²) in [4.78, 5) is 21.5. The molecule has 0 aliphatic heterocycles. The van der Waals surface area contributed by atoms with Crippen molar-refractivity contribution < 1.29 is 19.0 Å². The molecule has 0 radical (unpaired) electrons. The molecule has 0 saturated heterocycles. The van der Waals surface area contributed by atoms with Gasteiger partial charge in [0.25, 0.3) is 0 Å². The van der Waals surface area contributed by atoms with Crippen LogP contribution in [-0.4, -0.2) is 29.1 Å². The molecule has 0 bridgehead atoms. The van der Waals surface area contributed by atoms with Gasteiger partial charge >= 0.3 is 5.97 Å². The first-order valence-electron chi connectivity index (χ1n) is 10.5. The predicted octanol–water partition coefficient (Wildman–Crippen LogP) is 6.44. The van der Waals surface area contributed by atoms with Crippen LogP contribution < -0.4 is 9.64 Å². The molecule has 7 heteroatoms. The highest BCUT2D eigenvalue weighted by Crippen LogP contribution is 2.31. The number of carboxylic acid groups (broad SMARTS) is 1. The summed E-state index contributed by atoms with van der Waals surface area (Å²) in [5.41, 5.74) is 2.57. The van der Waals surface area contributed by atoms with Crippen molar-refractivity contribution in [2.24, 2.45) is 0 Å². The molecule has 6 nitrogen and oxygen atoms in total. The number of ether oxygens (including phenoxy) is 1. The fourth-order valence-electron chi connectivity index (χ4n) is 3.43. The normalized spacial score (nSPS) is 10.4. The highest BCUT2D eigenvalue weighted by atomic mass is 19.1. The van der Waals surface area contributed by atoms with Crippen LogP contribution in [0.3, 0.4) is 0 Å². The van der Waals surface area contributed by atoms with E-state index < -0.39 is 5.97 Å². The predicted molar refractivity (Wildman–Crippen MR) is 128 cm³/mol. The van der Waals surface area contributed by atoms with Gasteiger partial charge in [0, 0.05) is 16.9 Å². The van der Waals surface area contributed by atoms with Crippen molar-refractivity contribution in [1.29, 1.82) is 0 Å². The van der Waals surface area contributed by atoms with E-state index in [4.69, 9.17) is 11.3 Å². The van der Waals surface area contributed by atoms with Crippen LogP contribution in [0.2, 0.25) is 0 Å². The fourth-order valence-corrected chi connectivity index (χ4v) is 3.43. The van der Waals surface area contributed by atoms with Crippen molar-refractivity contribution in [3.63, 3.8) is 0 Å². The van der Waals surface area contributed by atoms with E-state index in [2.05, 4.69) is 9.83 Å². The van der Waals surface area contributed by atoms with Crippen LogP contribution in [0.1, 0.15) is 10.5 Å². The number of anilines is 2. The molecule has 1 heterocycles. The molecule has 4 aromatic rings. The zero-order valence-electron chi connectivity index (χ0n) is 18.1. The van der Waals surface area contributed by atoms with Gasteiger partial charge < -0.3 is 19.6 Å². The van der Waals surface area contributed by atoms with Gasteiger partial charge in [-0.25, -0.2) is 20.7 Å². The molecule has 3 aromatic carbocycles. The summed E-state index contributed by atoms with van der Waals surface area (Å²) in [7, 11) is 0. The molecule has 0 saturated carbocycles. The molecule has 4 rings (SSSR count). The van der Waals surface area contributed by atoms with E-state index in [0.29, 0.717) is 35.0 Å². The summed E-state index contributed by atoms with van der Waals surface area (Å²) >= 11 is 0. The number of pyridine rings is 1. The SMILES string of the molecule is [C-]#[N+]CCN(c1ccccc1)c1cc(C(=O)O)nc(-c2ccc(Oc3ccc(F)cc3)cc2)c1. The first-order valence-corrected chi connectivity index (χ1v) is 10.5. The maximum Gasteiger partial charge on any atom is 0.354 e. The quantitative estimate of drug-likeness (QED) is 0.311. The maximum atomic E-state index is 13.1. The molecule has 168 valence electrons. The average Bonchev–Trinajstić information content (AvgIpc) is 2.86. The van der Waals surface area contributed by atoms with Gasteiger partial charge in [0.05, 0.1) is 12.2 Å². The monoisotopic (exact) mass is 453 g/mol. The Kier molecular flexibility index (Phi) is 6.80. The number of halogens is 1. The largest absolute Gasteiger partial charge is 0.477 e. The summed E-state index contributed by atoms with van der Waals surface area (Å²) in [5.74, 6) is -0.435. The first-order chi connectivity index (χ1) is 16.5. The Labute approximate surface area is 196 Å². The Morgan fingerprint density at radius 2 is 1.59 bits per heavy atom. The molecule has 0 amide bonds. The Hall–Kier alpha value is -4.70. The van der Waals surface area contributed by atoms with Crippen molar-refractivity contribution in [3.05, 3.63) is 114 Å². The third kappa shape index (κ3) is 5.37. The number of aromatic carboxylic acids is 1. The van der Waals surface area contributed by atoms with Gasteiger partial charge in [-0.05, 0) is 72.8 Å². The molecule has 0 fully saturated rings. The van der Waals surface area contributed by atoms with Crippen LogP contribution in [0.4, 0.5) is 15.8 Å². The number of aromatic nitrogens is 1. The highest BCUT2D eigenvalue weighted by molar-refractivity contribution is 5.88. The highest BCUT2D eigenvalue weighted by Gasteiger charge is 2.17. The van der Waals surface area contributed by atoms with E-state index in [0.717, 1.165) is 5.69 Å². The summed E-state index contributed by atoms with van der Waals surface area (Å²) in [5, 5.41) is 9.66. The molecule has 0 aliphatic rings. The van der Waals surface area contributed by atoms with Crippen LogP contribution in [0.25, 0.3) is 16.1 Å². The minimum Gasteiger partial charge on any atom is -0.477 e. The summed E-state index contributed by atoms with van der Waals surface area (Å²) in [6, 6.07) is 25.6. The van der Waals surface area contributed by atoms with E-state index in [9.17, 15) is 14.3 Å². The molecule has 0 unspecified atom stereocenters. The molecule has 0 spiro atoms. The average molecular weight is 453 g/mol. The topological polar surface area (TPSA) is 67.0 Å². The van der Waals surface area contributed by atoms with Crippen molar-refractivity contribution in [2.75, 3.05) is 18.0 Å². The second-order valence-electron chi connectivity index (χ2n) is 7.35. The van der Waals surface area contributed by atoms with Crippen molar-refractivity contribution >= 4 is 17.3 Å². The van der Waals surface area contributed by atoms with Crippen LogP contribution >= 0.6 is 0 Å². The molecular formula is C27H20FN3O3. The zero-order valence-corrected chi connectivity index (χ0v) is 18.1. The lowest BCUT2D eigenvalue weighted by atomic mass is 10.1. The second kappa shape index (κ2) is 10.3. The summed E-state index contributed by atoms with van der Waals surface area (Å²) in [6.45, 7) is 7.84. The smallest absolute Gasteiger partial charge is 0.354 e. The molecule has 0 aliphatic carbocycles. The van der Waals surface area contributed by atoms with E-state index in [-0.39, 0.29) is 18.1 Å². The lowest BCUT2D eigenvalue weighted by Gasteiger charge is -2.24. The molecule has 1 aromatic heterocycles. The number of nitrogens with zero attached hydrogens (tertiary/aromatic N) is 3. The third-order valence-electron chi connectivity index (χ3n) is 5.04. The fraction of sp³-hybridized carbons (Fsp3) is 0.0741. The molecule has 0 atom stereocenters. The van der Waals surface area contributed by atoms with Gasteiger partial charge in [-0.3, -0.25) is 0 Å². The van der Waals surface area contributed by atoms with E-state index in [1.165, 1.54) is 30.3 Å². The number of hydrogen-bond donors (Lipinski definition) is 1. The van der Waals surface area contributed by atoms with Gasteiger partial charge in [-0.2, -0.15) is 0 Å². The van der Waals surface area contributed by atoms with Crippen molar-refractivity contribution in [2.45, 2.75) is 0 Å². The van der Waals surface area contributed by atoms with Crippen molar-refractivity contribution in [1.82, 2.24) is 4.98 Å². The molecular weight excluding hydrogens is 433 g/mol. The van der Waals surface area contributed by atoms with Crippen LogP contribution in [0.5, 0.6) is 11.5 Å². The van der Waals surface area contributed by atoms with Gasteiger partial charge in [0.15, 0.2) is 5.69 Å². The Morgan fingerprint density at radius 3 is 2.21 bits per heavy atom. The standard InChI is InChI=1S/C27H20FN3O3/c1-29-15-16-31(21-5-3-2-4-6-21)22-17-25(30-26(18-22)27(32)33)19-7-11-23(12-8-19)34-24-13-9-20(28)10-14-24/h2-14,17-18H,15-16H2,(H,32,33). The second-order valence-corrected chi connectivity index (χ2v) is 7.35. The zero-order chi connectivity index (χ0) is 23.9. The first kappa shape index (κ1) is 22.5. The number of rotatable bonds is 8. The lowest BCUT2D eigenvalue weighted by Crippen LogP contribution is -2.21. The third-order valence-corrected chi connectivity index (χ3v) is 5.04. The lowest BCUT2D eigenvalue weighted by molar-refractivity contribution is 0.0690. The summed E-state index contributed by atoms with van der Waals surface area (Å²) < 4.78 is 18.8. The maximum absolute atomic E-state index is 13.1. The summed E-state index contributed by atoms with van der Waals surface area (Å²) in [6.07, 6.45) is 0. The number of carbonyl (C=O) groups is 1. The minimum atomic E-state index is -1.14. The van der Waals surface area contributed by atoms with E-state index in [1.54, 1.807) is 30.3 Å². The Bertz CT molecular complexity index is 1320. The number of para-hydroxylation sites is 1. The van der Waals surface area contributed by atoms with Crippen molar-refractivity contribution in [3.8, 4) is 22.8 Å². The van der Waals surface area contributed by atoms with Gasteiger partial charge in [0.1, 0.15) is 17.3 Å². The Morgan fingerprint density at radius 1 is 0.941 bits per heavy atom. The molecule has 1 N–H and O–H groups in total. The van der Waals surface area contributed by atoms with Gasteiger partial charge in [0.2, 0.25) is 6.54 Å². The number of hydrogen-bond acceptors (Lipinski definition) is 4. The van der Waals surface area contributed by atoms with Crippen LogP contribution in [0, 0.1) is 12.4 Å². The number of benzene rings is 3. The van der Waals surface area contributed by atoms with Crippen LogP contribution in [-0.2, 0) is 0 Å². The number of carboxylic acids is 1.